The van der Waals surface area contributed by atoms with Crippen LogP contribution in [0, 0.1) is 27.7 Å². The van der Waals surface area contributed by atoms with E-state index in [1.807, 2.05) is 0 Å². The number of nitrogens with zero attached hydrogens (tertiary/aromatic N) is 4. The topological polar surface area (TPSA) is 116 Å². The van der Waals surface area contributed by atoms with Crippen molar-refractivity contribution in [3.05, 3.63) is 46.3 Å². The molecule has 2 heterocycles. The van der Waals surface area contributed by atoms with Crippen molar-refractivity contribution in [3.63, 3.8) is 0 Å². The van der Waals surface area contributed by atoms with Crippen LogP contribution in [-0.4, -0.2) is 40.6 Å². The number of benzene rings is 1. The first kappa shape index (κ1) is 19.7. The summed E-state index contributed by atoms with van der Waals surface area (Å²) < 4.78 is 34.8. The van der Waals surface area contributed by atoms with Gasteiger partial charge in [-0.15, -0.1) is 5.10 Å². The SMILES string of the molecule is CCOC(=O)c1c(C)ccc(C)c1NS(=O)(=O)c1nc2nc(C)cc(C)n2n1. The molecule has 148 valence electrons. The Bertz CT molecular complexity index is 1180. The summed E-state index contributed by atoms with van der Waals surface area (Å²) in [5, 5.41) is 3.63. The molecule has 10 heteroatoms. The van der Waals surface area contributed by atoms with E-state index < -0.39 is 21.1 Å². The lowest BCUT2D eigenvalue weighted by Gasteiger charge is -2.15. The van der Waals surface area contributed by atoms with E-state index in [2.05, 4.69) is 19.8 Å². The summed E-state index contributed by atoms with van der Waals surface area (Å²) in [6.45, 7) is 8.84. The Morgan fingerprint density at radius 1 is 1.14 bits per heavy atom. The van der Waals surface area contributed by atoms with Crippen molar-refractivity contribution in [2.75, 3.05) is 11.3 Å². The van der Waals surface area contributed by atoms with Crippen LogP contribution in [0.15, 0.2) is 23.4 Å². The molecule has 0 atom stereocenters. The maximum atomic E-state index is 12.9. The maximum Gasteiger partial charge on any atom is 0.340 e. The van der Waals surface area contributed by atoms with E-state index in [9.17, 15) is 13.2 Å². The first-order valence-electron chi connectivity index (χ1n) is 8.65. The molecule has 0 fully saturated rings. The number of ether oxygens (including phenoxy) is 1. The van der Waals surface area contributed by atoms with E-state index in [4.69, 9.17) is 4.74 Å². The summed E-state index contributed by atoms with van der Waals surface area (Å²) in [6.07, 6.45) is 0. The van der Waals surface area contributed by atoms with Gasteiger partial charge >= 0.3 is 5.97 Å². The summed E-state index contributed by atoms with van der Waals surface area (Å²) in [6, 6.07) is 5.23. The average molecular weight is 403 g/mol. The van der Waals surface area contributed by atoms with Crippen molar-refractivity contribution in [2.24, 2.45) is 0 Å². The molecule has 0 aliphatic rings. The Hall–Kier alpha value is -3.01. The second-order valence-electron chi connectivity index (χ2n) is 6.42. The lowest BCUT2D eigenvalue weighted by atomic mass is 10.0. The molecule has 9 nitrogen and oxygen atoms in total. The van der Waals surface area contributed by atoms with E-state index in [1.165, 1.54) is 4.52 Å². The number of aryl methyl sites for hydroxylation is 4. The van der Waals surface area contributed by atoms with Crippen LogP contribution in [0.25, 0.3) is 5.78 Å². The predicted octanol–water partition coefficient (Wildman–Crippen LogP) is 2.34. The van der Waals surface area contributed by atoms with Crippen molar-refractivity contribution >= 4 is 27.5 Å². The molecule has 3 aromatic rings. The zero-order chi connectivity index (χ0) is 20.6. The Balaban J connectivity index is 2.10. The molecule has 0 radical (unpaired) electrons. The number of carbonyl (C=O) groups excluding carboxylic acids is 1. The lowest BCUT2D eigenvalue weighted by Crippen LogP contribution is -2.19. The van der Waals surface area contributed by atoms with Gasteiger partial charge in [0.2, 0.25) is 0 Å². The van der Waals surface area contributed by atoms with Crippen LogP contribution in [0.2, 0.25) is 0 Å². The van der Waals surface area contributed by atoms with Gasteiger partial charge in [-0.25, -0.2) is 14.3 Å². The fraction of sp³-hybridized carbons (Fsp3) is 0.333. The third kappa shape index (κ3) is 3.55. The molecule has 0 amide bonds. The number of sulfonamides is 1. The smallest absolute Gasteiger partial charge is 0.340 e. The number of fused-ring (bicyclic) bond motifs is 1. The van der Waals surface area contributed by atoms with Gasteiger partial charge < -0.3 is 4.74 Å². The lowest BCUT2D eigenvalue weighted by molar-refractivity contribution is 0.0526. The third-order valence-corrected chi connectivity index (χ3v) is 5.30. The van der Waals surface area contributed by atoms with Crippen LogP contribution in [0.1, 0.15) is 39.8 Å². The first-order chi connectivity index (χ1) is 13.1. The van der Waals surface area contributed by atoms with Gasteiger partial charge in [0.25, 0.3) is 21.0 Å². The molecule has 0 spiro atoms. The fourth-order valence-corrected chi connectivity index (χ4v) is 3.86. The van der Waals surface area contributed by atoms with E-state index >= 15 is 0 Å². The van der Waals surface area contributed by atoms with Crippen molar-refractivity contribution in [1.29, 1.82) is 0 Å². The summed E-state index contributed by atoms with van der Waals surface area (Å²) in [5.74, 6) is -0.415. The Morgan fingerprint density at radius 3 is 2.50 bits per heavy atom. The van der Waals surface area contributed by atoms with Crippen LogP contribution in [-0.2, 0) is 14.8 Å². The highest BCUT2D eigenvalue weighted by Crippen LogP contribution is 2.27. The number of esters is 1. The molecule has 0 saturated heterocycles. The standard InChI is InChI=1S/C18H21N5O4S/c1-6-27-16(24)14-10(2)7-8-11(3)15(14)22-28(25,26)18-20-17-19-12(4)9-13(5)23(17)21-18/h7-9,22H,6H2,1-5H3. The van der Waals surface area contributed by atoms with Gasteiger partial charge in [-0.05, 0) is 51.8 Å². The van der Waals surface area contributed by atoms with Crippen molar-refractivity contribution in [1.82, 2.24) is 19.6 Å². The predicted molar refractivity (Wildman–Crippen MR) is 103 cm³/mol. The molecule has 0 unspecified atom stereocenters. The molecule has 0 saturated carbocycles. The molecule has 28 heavy (non-hydrogen) atoms. The number of aromatic nitrogens is 4. The second-order valence-corrected chi connectivity index (χ2v) is 8.00. The maximum absolute atomic E-state index is 12.9. The number of rotatable bonds is 5. The molecule has 0 aliphatic heterocycles. The highest BCUT2D eigenvalue weighted by molar-refractivity contribution is 7.92. The van der Waals surface area contributed by atoms with Crippen LogP contribution in [0.4, 0.5) is 5.69 Å². The van der Waals surface area contributed by atoms with Gasteiger partial charge in [-0.3, -0.25) is 4.72 Å². The minimum Gasteiger partial charge on any atom is -0.462 e. The van der Waals surface area contributed by atoms with Gasteiger partial charge in [-0.2, -0.15) is 13.4 Å². The largest absolute Gasteiger partial charge is 0.462 e. The summed E-state index contributed by atoms with van der Waals surface area (Å²) in [4.78, 5) is 20.6. The summed E-state index contributed by atoms with van der Waals surface area (Å²) in [7, 11) is -4.16. The van der Waals surface area contributed by atoms with Crippen LogP contribution in [0.5, 0.6) is 0 Å². The summed E-state index contributed by atoms with van der Waals surface area (Å²) in [5.41, 5.74) is 2.89. The van der Waals surface area contributed by atoms with E-state index in [-0.39, 0.29) is 23.6 Å². The van der Waals surface area contributed by atoms with Gasteiger partial charge in [-0.1, -0.05) is 12.1 Å². The van der Waals surface area contributed by atoms with Crippen molar-refractivity contribution in [2.45, 2.75) is 39.8 Å². The Morgan fingerprint density at radius 2 is 1.82 bits per heavy atom. The zero-order valence-corrected chi connectivity index (χ0v) is 17.1. The van der Waals surface area contributed by atoms with Crippen LogP contribution >= 0.6 is 0 Å². The monoisotopic (exact) mass is 403 g/mol. The fourth-order valence-electron chi connectivity index (χ4n) is 2.85. The van der Waals surface area contributed by atoms with Crippen LogP contribution in [0.3, 0.4) is 0 Å². The van der Waals surface area contributed by atoms with E-state index in [0.29, 0.717) is 22.5 Å². The second kappa shape index (κ2) is 7.19. The molecule has 2 aromatic heterocycles. The average Bonchev–Trinajstić information content (AvgIpc) is 3.03. The molecule has 3 rings (SSSR count). The first-order valence-corrected chi connectivity index (χ1v) is 10.1. The molecule has 1 aromatic carbocycles. The number of hydrogen-bond donors (Lipinski definition) is 1. The molecule has 0 bridgehead atoms. The molecule has 0 aliphatic carbocycles. The zero-order valence-electron chi connectivity index (χ0n) is 16.3. The van der Waals surface area contributed by atoms with Crippen molar-refractivity contribution in [3.8, 4) is 0 Å². The highest BCUT2D eigenvalue weighted by atomic mass is 32.2. The van der Waals surface area contributed by atoms with Gasteiger partial charge in [0.05, 0.1) is 17.9 Å². The minimum atomic E-state index is -4.16. The normalized spacial score (nSPS) is 11.6. The molecular weight excluding hydrogens is 382 g/mol. The highest BCUT2D eigenvalue weighted by Gasteiger charge is 2.26. The Kier molecular flexibility index (Phi) is 5.07. The van der Waals surface area contributed by atoms with Gasteiger partial charge in [0.1, 0.15) is 0 Å². The third-order valence-electron chi connectivity index (χ3n) is 4.18. The van der Waals surface area contributed by atoms with Crippen LogP contribution < -0.4 is 4.72 Å². The van der Waals surface area contributed by atoms with Gasteiger partial charge in [0.15, 0.2) is 0 Å². The van der Waals surface area contributed by atoms with E-state index in [1.54, 1.807) is 52.8 Å². The summed E-state index contributed by atoms with van der Waals surface area (Å²) >= 11 is 0. The molecule has 1 N–H and O–H groups in total. The van der Waals surface area contributed by atoms with E-state index in [0.717, 1.165) is 0 Å². The number of carbonyl (C=O) groups is 1. The number of anilines is 1. The minimum absolute atomic E-state index is 0.151. The molecular formula is C18H21N5O4S. The number of hydrogen-bond acceptors (Lipinski definition) is 7. The van der Waals surface area contributed by atoms with Gasteiger partial charge in [0, 0.05) is 11.4 Å². The quantitative estimate of drug-likeness (QED) is 0.650. The number of nitrogens with one attached hydrogen (secondary N) is 1. The van der Waals surface area contributed by atoms with Crippen molar-refractivity contribution < 1.29 is 17.9 Å². The Labute approximate surface area is 162 Å².